The Morgan fingerprint density at radius 2 is 1.92 bits per heavy atom. The summed E-state index contributed by atoms with van der Waals surface area (Å²) >= 11 is 1.32. The first-order valence-electron chi connectivity index (χ1n) is 7.38. The molecule has 0 aliphatic rings. The molecule has 0 spiro atoms. The van der Waals surface area contributed by atoms with Crippen molar-refractivity contribution >= 4 is 28.2 Å². The number of benzene rings is 2. The van der Waals surface area contributed by atoms with Gasteiger partial charge in [0.1, 0.15) is 5.82 Å². The summed E-state index contributed by atoms with van der Waals surface area (Å²) < 4.78 is 13.5. The Morgan fingerprint density at radius 3 is 2.67 bits per heavy atom. The summed E-state index contributed by atoms with van der Waals surface area (Å²) in [5.41, 5.74) is 4.27. The second-order valence-corrected chi connectivity index (χ2v) is 6.27. The van der Waals surface area contributed by atoms with Crippen molar-refractivity contribution in [2.45, 2.75) is 13.8 Å². The molecule has 1 heterocycles. The molecular weight excluding hydrogens is 325 g/mol. The molecule has 3 aromatic rings. The zero-order chi connectivity index (χ0) is 17.1. The summed E-state index contributed by atoms with van der Waals surface area (Å²) in [5.74, 6) is -0.484. The number of rotatable bonds is 3. The van der Waals surface area contributed by atoms with Gasteiger partial charge in [0, 0.05) is 10.9 Å². The molecular formula is C18H16FN3OS. The maximum absolute atomic E-state index is 13.5. The smallest absolute Gasteiger partial charge is 0.305 e. The number of amides is 2. The molecule has 0 atom stereocenters. The van der Waals surface area contributed by atoms with E-state index in [2.05, 4.69) is 21.7 Å². The number of thiazole rings is 1. The number of nitrogens with one attached hydrogen (secondary N) is 2. The van der Waals surface area contributed by atoms with Gasteiger partial charge in [-0.2, -0.15) is 0 Å². The van der Waals surface area contributed by atoms with E-state index in [-0.39, 0.29) is 5.69 Å². The summed E-state index contributed by atoms with van der Waals surface area (Å²) in [4.78, 5) is 16.4. The summed E-state index contributed by atoms with van der Waals surface area (Å²) in [6, 6.07) is 11.6. The van der Waals surface area contributed by atoms with E-state index in [4.69, 9.17) is 0 Å². The number of hydrogen-bond acceptors (Lipinski definition) is 3. The Kier molecular flexibility index (Phi) is 4.57. The number of para-hydroxylation sites is 1. The molecule has 6 heteroatoms. The Balaban J connectivity index is 1.72. The van der Waals surface area contributed by atoms with Crippen molar-refractivity contribution in [2.75, 3.05) is 10.6 Å². The van der Waals surface area contributed by atoms with E-state index in [0.717, 1.165) is 16.8 Å². The van der Waals surface area contributed by atoms with Gasteiger partial charge in [-0.15, -0.1) is 11.3 Å². The van der Waals surface area contributed by atoms with Gasteiger partial charge < -0.3 is 5.32 Å². The Hall–Kier alpha value is -2.73. The predicted molar refractivity (Wildman–Crippen MR) is 96.1 cm³/mol. The van der Waals surface area contributed by atoms with E-state index in [1.165, 1.54) is 29.0 Å². The van der Waals surface area contributed by atoms with Crippen LogP contribution in [0.3, 0.4) is 0 Å². The van der Waals surface area contributed by atoms with Gasteiger partial charge in [-0.1, -0.05) is 35.9 Å². The highest BCUT2D eigenvalue weighted by molar-refractivity contribution is 7.14. The molecule has 3 rings (SSSR count). The van der Waals surface area contributed by atoms with Crippen LogP contribution in [0.5, 0.6) is 0 Å². The molecule has 0 aliphatic heterocycles. The molecule has 0 radical (unpaired) electrons. The minimum absolute atomic E-state index is 0.126. The van der Waals surface area contributed by atoms with Crippen LogP contribution in [0.4, 0.5) is 20.0 Å². The molecule has 2 aromatic carbocycles. The lowest BCUT2D eigenvalue weighted by Crippen LogP contribution is -2.19. The topological polar surface area (TPSA) is 54.0 Å². The van der Waals surface area contributed by atoms with E-state index in [9.17, 15) is 9.18 Å². The maximum atomic E-state index is 13.5. The van der Waals surface area contributed by atoms with Gasteiger partial charge in [0.05, 0.1) is 11.4 Å². The second-order valence-electron chi connectivity index (χ2n) is 5.42. The van der Waals surface area contributed by atoms with Crippen LogP contribution in [0.25, 0.3) is 11.3 Å². The quantitative estimate of drug-likeness (QED) is 0.687. The summed E-state index contributed by atoms with van der Waals surface area (Å²) in [7, 11) is 0. The lowest BCUT2D eigenvalue weighted by molar-refractivity contribution is 0.262. The molecule has 4 nitrogen and oxygen atoms in total. The molecule has 0 fully saturated rings. The van der Waals surface area contributed by atoms with Crippen molar-refractivity contribution in [1.82, 2.24) is 4.98 Å². The lowest BCUT2D eigenvalue weighted by atomic mass is 10.0. The first kappa shape index (κ1) is 16.1. The van der Waals surface area contributed by atoms with Crippen molar-refractivity contribution < 1.29 is 9.18 Å². The molecule has 2 amide bonds. The minimum atomic E-state index is -0.526. The standard InChI is InChI=1S/C18H16FN3OS/c1-11-7-8-13(12(2)9-11)16-10-24-18(21-16)22-17(23)20-15-6-4-3-5-14(15)19/h3-10H,1-2H3,(H2,20,21,22,23). The average Bonchev–Trinajstić information content (AvgIpc) is 2.97. The average molecular weight is 341 g/mol. The van der Waals surface area contributed by atoms with Gasteiger partial charge in [-0.3, -0.25) is 5.32 Å². The van der Waals surface area contributed by atoms with Gasteiger partial charge in [0.15, 0.2) is 5.13 Å². The van der Waals surface area contributed by atoms with E-state index in [1.54, 1.807) is 12.1 Å². The van der Waals surface area contributed by atoms with Crippen LogP contribution >= 0.6 is 11.3 Å². The van der Waals surface area contributed by atoms with Crippen LogP contribution in [0.2, 0.25) is 0 Å². The number of halogens is 1. The predicted octanol–water partition coefficient (Wildman–Crippen LogP) is 5.21. The first-order valence-corrected chi connectivity index (χ1v) is 8.26. The van der Waals surface area contributed by atoms with E-state index >= 15 is 0 Å². The number of hydrogen-bond donors (Lipinski definition) is 2. The van der Waals surface area contributed by atoms with Crippen molar-refractivity contribution in [1.29, 1.82) is 0 Å². The largest absolute Gasteiger partial charge is 0.325 e. The fourth-order valence-corrected chi connectivity index (χ4v) is 3.07. The Morgan fingerprint density at radius 1 is 1.12 bits per heavy atom. The summed E-state index contributed by atoms with van der Waals surface area (Å²) in [5, 5.41) is 7.44. The van der Waals surface area contributed by atoms with E-state index < -0.39 is 11.8 Å². The highest BCUT2D eigenvalue weighted by atomic mass is 32.1. The molecule has 1 aromatic heterocycles. The number of aryl methyl sites for hydroxylation is 2. The van der Waals surface area contributed by atoms with Gasteiger partial charge in [-0.05, 0) is 31.5 Å². The summed E-state index contributed by atoms with van der Waals surface area (Å²) in [6.07, 6.45) is 0. The highest BCUT2D eigenvalue weighted by Crippen LogP contribution is 2.28. The third kappa shape index (κ3) is 3.60. The van der Waals surface area contributed by atoms with Crippen molar-refractivity contribution in [3.05, 3.63) is 64.8 Å². The van der Waals surface area contributed by atoms with Crippen molar-refractivity contribution in [3.8, 4) is 11.3 Å². The SMILES string of the molecule is Cc1ccc(-c2csc(NC(=O)Nc3ccccc3F)n2)c(C)c1. The number of carbonyl (C=O) groups is 1. The van der Waals surface area contributed by atoms with Gasteiger partial charge in [-0.25, -0.2) is 14.2 Å². The van der Waals surface area contributed by atoms with Gasteiger partial charge in [0.25, 0.3) is 0 Å². The number of aromatic nitrogens is 1. The Labute approximate surface area is 143 Å². The van der Waals surface area contributed by atoms with Crippen LogP contribution in [0, 0.1) is 19.7 Å². The molecule has 122 valence electrons. The minimum Gasteiger partial charge on any atom is -0.305 e. The van der Waals surface area contributed by atoms with Crippen molar-refractivity contribution in [2.24, 2.45) is 0 Å². The monoisotopic (exact) mass is 341 g/mol. The fraction of sp³-hybridized carbons (Fsp3) is 0.111. The second kappa shape index (κ2) is 6.80. The first-order chi connectivity index (χ1) is 11.5. The zero-order valence-electron chi connectivity index (χ0n) is 13.3. The zero-order valence-corrected chi connectivity index (χ0v) is 14.1. The third-order valence-electron chi connectivity index (χ3n) is 3.50. The van der Waals surface area contributed by atoms with Crippen LogP contribution < -0.4 is 10.6 Å². The summed E-state index contributed by atoms with van der Waals surface area (Å²) in [6.45, 7) is 4.07. The van der Waals surface area contributed by atoms with Crippen molar-refractivity contribution in [3.63, 3.8) is 0 Å². The van der Waals surface area contributed by atoms with Gasteiger partial charge in [0.2, 0.25) is 0 Å². The van der Waals surface area contributed by atoms with Crippen LogP contribution in [0.1, 0.15) is 11.1 Å². The molecule has 24 heavy (non-hydrogen) atoms. The Bertz CT molecular complexity index is 891. The molecule has 0 saturated heterocycles. The molecule has 0 saturated carbocycles. The van der Waals surface area contributed by atoms with Crippen LogP contribution in [0.15, 0.2) is 47.8 Å². The highest BCUT2D eigenvalue weighted by Gasteiger charge is 2.11. The van der Waals surface area contributed by atoms with Gasteiger partial charge >= 0.3 is 6.03 Å². The van der Waals surface area contributed by atoms with Crippen LogP contribution in [-0.2, 0) is 0 Å². The van der Waals surface area contributed by atoms with Crippen LogP contribution in [-0.4, -0.2) is 11.0 Å². The van der Waals surface area contributed by atoms with E-state index in [1.807, 2.05) is 31.4 Å². The maximum Gasteiger partial charge on any atom is 0.325 e. The number of anilines is 2. The van der Waals surface area contributed by atoms with E-state index in [0.29, 0.717) is 5.13 Å². The normalized spacial score (nSPS) is 10.5. The third-order valence-corrected chi connectivity index (χ3v) is 4.26. The fourth-order valence-electron chi connectivity index (χ4n) is 2.37. The molecule has 0 bridgehead atoms. The number of carbonyl (C=O) groups excluding carboxylic acids is 1. The number of nitrogens with zero attached hydrogens (tertiary/aromatic N) is 1. The molecule has 2 N–H and O–H groups in total. The number of urea groups is 1. The molecule has 0 aliphatic carbocycles. The molecule has 0 unspecified atom stereocenters. The lowest BCUT2D eigenvalue weighted by Gasteiger charge is -2.06.